The van der Waals surface area contributed by atoms with Crippen LogP contribution in [0.2, 0.25) is 5.02 Å². The monoisotopic (exact) mass is 336 g/mol. The number of hydrogen-bond acceptors (Lipinski definition) is 2. The van der Waals surface area contributed by atoms with Gasteiger partial charge in [-0.05, 0) is 68.8 Å². The highest BCUT2D eigenvalue weighted by atomic mass is 35.5. The highest BCUT2D eigenvalue weighted by molar-refractivity contribution is 6.30. The number of nitrogens with one attached hydrogen (secondary N) is 1. The van der Waals surface area contributed by atoms with Crippen molar-refractivity contribution in [1.82, 2.24) is 10.2 Å². The first-order valence-corrected chi connectivity index (χ1v) is 9.57. The fourth-order valence-electron chi connectivity index (χ4n) is 4.06. The highest BCUT2D eigenvalue weighted by Gasteiger charge is 2.36. The molecular formula is C20H33ClN2. The van der Waals surface area contributed by atoms with E-state index in [1.165, 1.54) is 24.8 Å². The Labute approximate surface area is 147 Å². The average molecular weight is 337 g/mol. The molecule has 0 spiro atoms. The van der Waals surface area contributed by atoms with Gasteiger partial charge in [-0.1, -0.05) is 51.4 Å². The predicted octanol–water partition coefficient (Wildman–Crippen LogP) is 5.27. The van der Waals surface area contributed by atoms with Gasteiger partial charge in [0.25, 0.3) is 0 Å². The van der Waals surface area contributed by atoms with Gasteiger partial charge in [-0.15, -0.1) is 0 Å². The first-order valence-electron chi connectivity index (χ1n) is 9.19. The summed E-state index contributed by atoms with van der Waals surface area (Å²) in [5.74, 6) is 1.65. The van der Waals surface area contributed by atoms with E-state index in [1.807, 2.05) is 12.1 Å². The van der Waals surface area contributed by atoms with Gasteiger partial charge in [-0.3, -0.25) is 10.2 Å². The van der Waals surface area contributed by atoms with E-state index in [9.17, 15) is 0 Å². The van der Waals surface area contributed by atoms with Gasteiger partial charge in [0.2, 0.25) is 0 Å². The van der Waals surface area contributed by atoms with E-state index >= 15 is 0 Å². The van der Waals surface area contributed by atoms with E-state index in [1.54, 1.807) is 0 Å². The van der Waals surface area contributed by atoms with Gasteiger partial charge >= 0.3 is 0 Å². The van der Waals surface area contributed by atoms with E-state index < -0.39 is 0 Å². The first kappa shape index (κ1) is 18.8. The second-order valence-corrected chi connectivity index (χ2v) is 7.80. The largest absolute Gasteiger partial charge is 0.293 e. The standard InChI is InChI=1S/C20H33ClN2/c1-6-23(7-2)20(5,17-9-11-18(21)12-10-17)22-19-13-8-15(3)16(4)14-19/h9-12,15-16,19,22H,6-8,13-14H2,1-5H3. The third-order valence-electron chi connectivity index (χ3n) is 5.89. The van der Waals surface area contributed by atoms with Gasteiger partial charge in [-0.25, -0.2) is 0 Å². The van der Waals surface area contributed by atoms with Crippen LogP contribution < -0.4 is 5.32 Å². The number of hydrogen-bond donors (Lipinski definition) is 1. The Morgan fingerprint density at radius 1 is 1.09 bits per heavy atom. The molecule has 0 heterocycles. The molecule has 2 nitrogen and oxygen atoms in total. The molecule has 3 heteroatoms. The molecule has 0 saturated heterocycles. The van der Waals surface area contributed by atoms with E-state index in [4.69, 9.17) is 11.6 Å². The summed E-state index contributed by atoms with van der Waals surface area (Å²) in [5.41, 5.74) is 1.16. The van der Waals surface area contributed by atoms with Crippen LogP contribution in [0.25, 0.3) is 0 Å². The summed E-state index contributed by atoms with van der Waals surface area (Å²) in [5, 5.41) is 4.81. The van der Waals surface area contributed by atoms with Crippen molar-refractivity contribution in [3.05, 3.63) is 34.9 Å². The molecule has 0 bridgehead atoms. The van der Waals surface area contributed by atoms with Gasteiger partial charge in [0.15, 0.2) is 0 Å². The Morgan fingerprint density at radius 3 is 2.22 bits per heavy atom. The molecule has 1 N–H and O–H groups in total. The van der Waals surface area contributed by atoms with Crippen molar-refractivity contribution < 1.29 is 0 Å². The number of nitrogens with zero attached hydrogens (tertiary/aromatic N) is 1. The molecule has 1 aromatic rings. The fourth-order valence-corrected chi connectivity index (χ4v) is 4.19. The van der Waals surface area contributed by atoms with Crippen LogP contribution in [0.5, 0.6) is 0 Å². The Kier molecular flexibility index (Phi) is 6.53. The molecule has 23 heavy (non-hydrogen) atoms. The Hall–Kier alpha value is -0.570. The molecule has 4 unspecified atom stereocenters. The third-order valence-corrected chi connectivity index (χ3v) is 6.14. The zero-order valence-electron chi connectivity index (χ0n) is 15.4. The van der Waals surface area contributed by atoms with Gasteiger partial charge in [0.1, 0.15) is 0 Å². The molecule has 4 atom stereocenters. The fraction of sp³-hybridized carbons (Fsp3) is 0.700. The van der Waals surface area contributed by atoms with Gasteiger partial charge < -0.3 is 0 Å². The van der Waals surface area contributed by atoms with Crippen molar-refractivity contribution >= 4 is 11.6 Å². The molecule has 130 valence electrons. The zero-order valence-corrected chi connectivity index (χ0v) is 16.2. The second kappa shape index (κ2) is 8.00. The minimum Gasteiger partial charge on any atom is -0.293 e. The molecule has 1 aliphatic rings. The normalized spacial score (nSPS) is 27.9. The highest BCUT2D eigenvalue weighted by Crippen LogP contribution is 2.33. The molecule has 0 aliphatic heterocycles. The molecule has 1 saturated carbocycles. The maximum absolute atomic E-state index is 6.10. The van der Waals surface area contributed by atoms with Crippen LogP contribution in [-0.4, -0.2) is 24.0 Å². The first-order chi connectivity index (χ1) is 10.9. The van der Waals surface area contributed by atoms with E-state index in [2.05, 4.69) is 57.0 Å². The van der Waals surface area contributed by atoms with Crippen molar-refractivity contribution in [2.45, 2.75) is 65.6 Å². The molecular weight excluding hydrogens is 304 g/mol. The quantitative estimate of drug-likeness (QED) is 0.712. The van der Waals surface area contributed by atoms with Gasteiger partial charge in [0.05, 0.1) is 5.66 Å². The summed E-state index contributed by atoms with van der Waals surface area (Å²) < 4.78 is 0. The lowest BCUT2D eigenvalue weighted by Gasteiger charge is -2.46. The lowest BCUT2D eigenvalue weighted by Crippen LogP contribution is -2.58. The smallest absolute Gasteiger partial charge is 0.0948 e. The number of benzene rings is 1. The Bertz CT molecular complexity index is 483. The Balaban J connectivity index is 2.25. The summed E-state index contributed by atoms with van der Waals surface area (Å²) in [6.45, 7) is 13.7. The maximum Gasteiger partial charge on any atom is 0.0948 e. The van der Waals surface area contributed by atoms with Crippen LogP contribution >= 0.6 is 11.6 Å². The van der Waals surface area contributed by atoms with Crippen molar-refractivity contribution in [1.29, 1.82) is 0 Å². The third kappa shape index (κ3) is 4.29. The topological polar surface area (TPSA) is 15.3 Å². The van der Waals surface area contributed by atoms with Crippen LogP contribution in [0.1, 0.15) is 59.4 Å². The minimum atomic E-state index is -0.140. The molecule has 1 aliphatic carbocycles. The molecule has 0 radical (unpaired) electrons. The maximum atomic E-state index is 6.10. The minimum absolute atomic E-state index is 0.140. The zero-order chi connectivity index (χ0) is 17.0. The second-order valence-electron chi connectivity index (χ2n) is 7.36. The summed E-state index contributed by atoms with van der Waals surface area (Å²) in [6.07, 6.45) is 3.87. The molecule has 1 aromatic carbocycles. The SMILES string of the molecule is CCN(CC)C(C)(NC1CCC(C)C(C)C1)c1ccc(Cl)cc1. The summed E-state index contributed by atoms with van der Waals surface area (Å²) in [4.78, 5) is 2.51. The molecule has 0 amide bonds. The van der Waals surface area contributed by atoms with Crippen molar-refractivity contribution in [3.8, 4) is 0 Å². The van der Waals surface area contributed by atoms with Gasteiger partial charge in [0, 0.05) is 11.1 Å². The average Bonchev–Trinajstić information content (AvgIpc) is 2.52. The summed E-state index contributed by atoms with van der Waals surface area (Å²) in [6, 6.07) is 8.94. The van der Waals surface area contributed by atoms with Crippen LogP contribution in [0.3, 0.4) is 0 Å². The number of rotatable bonds is 6. The van der Waals surface area contributed by atoms with E-state index in [0.717, 1.165) is 29.9 Å². The number of halogens is 1. The van der Waals surface area contributed by atoms with E-state index in [0.29, 0.717) is 6.04 Å². The summed E-state index contributed by atoms with van der Waals surface area (Å²) in [7, 11) is 0. The molecule has 2 rings (SSSR count). The van der Waals surface area contributed by atoms with Crippen LogP contribution in [0, 0.1) is 11.8 Å². The molecule has 1 fully saturated rings. The van der Waals surface area contributed by atoms with Crippen molar-refractivity contribution in [2.24, 2.45) is 11.8 Å². The Morgan fingerprint density at radius 2 is 1.70 bits per heavy atom. The van der Waals surface area contributed by atoms with Crippen LogP contribution in [0.4, 0.5) is 0 Å². The van der Waals surface area contributed by atoms with Crippen molar-refractivity contribution in [3.63, 3.8) is 0 Å². The molecule has 0 aromatic heterocycles. The summed E-state index contributed by atoms with van der Waals surface area (Å²) >= 11 is 6.10. The lowest BCUT2D eigenvalue weighted by atomic mass is 9.78. The lowest BCUT2D eigenvalue weighted by molar-refractivity contribution is 0.0504. The van der Waals surface area contributed by atoms with Gasteiger partial charge in [-0.2, -0.15) is 0 Å². The van der Waals surface area contributed by atoms with Crippen LogP contribution in [-0.2, 0) is 5.66 Å². The van der Waals surface area contributed by atoms with Crippen LogP contribution in [0.15, 0.2) is 24.3 Å². The predicted molar refractivity (Wildman–Crippen MR) is 101 cm³/mol. The van der Waals surface area contributed by atoms with E-state index in [-0.39, 0.29) is 5.66 Å². The van der Waals surface area contributed by atoms with Crippen molar-refractivity contribution in [2.75, 3.05) is 13.1 Å².